The zero-order valence-corrected chi connectivity index (χ0v) is 11.8. The number of ether oxygens (including phenoxy) is 1. The van der Waals surface area contributed by atoms with E-state index in [9.17, 15) is 0 Å². The standard InChI is InChI=1S/C16H25NO/c1-5-6-7-11-18-15-10-8-9-14(12-15)13-17-16(2,3)4/h5,8-10,12,17H,1,6-7,11,13H2,2-4H3. The highest BCUT2D eigenvalue weighted by Gasteiger charge is 2.08. The minimum atomic E-state index is 0.140. The van der Waals surface area contributed by atoms with E-state index in [4.69, 9.17) is 4.74 Å². The van der Waals surface area contributed by atoms with E-state index in [1.165, 1.54) is 5.56 Å². The summed E-state index contributed by atoms with van der Waals surface area (Å²) in [6.07, 6.45) is 3.95. The molecule has 0 heterocycles. The van der Waals surface area contributed by atoms with Crippen LogP contribution in [0, 0.1) is 0 Å². The average Bonchev–Trinajstić information content (AvgIpc) is 2.32. The molecule has 0 radical (unpaired) electrons. The van der Waals surface area contributed by atoms with Gasteiger partial charge in [-0.3, -0.25) is 0 Å². The van der Waals surface area contributed by atoms with Crippen molar-refractivity contribution in [1.82, 2.24) is 5.32 Å². The van der Waals surface area contributed by atoms with E-state index in [0.717, 1.165) is 31.7 Å². The molecule has 1 aromatic rings. The Labute approximate surface area is 111 Å². The van der Waals surface area contributed by atoms with Gasteiger partial charge in [-0.05, 0) is 51.3 Å². The molecule has 0 unspecified atom stereocenters. The highest BCUT2D eigenvalue weighted by Crippen LogP contribution is 2.14. The molecule has 0 spiro atoms. The summed E-state index contributed by atoms with van der Waals surface area (Å²) >= 11 is 0. The molecule has 2 heteroatoms. The summed E-state index contributed by atoms with van der Waals surface area (Å²) in [5, 5.41) is 3.47. The van der Waals surface area contributed by atoms with Gasteiger partial charge in [0.05, 0.1) is 6.61 Å². The zero-order chi connectivity index (χ0) is 13.4. The maximum Gasteiger partial charge on any atom is 0.119 e. The monoisotopic (exact) mass is 247 g/mol. The van der Waals surface area contributed by atoms with Crippen molar-refractivity contribution >= 4 is 0 Å². The van der Waals surface area contributed by atoms with Crippen LogP contribution in [-0.4, -0.2) is 12.1 Å². The van der Waals surface area contributed by atoms with Crippen molar-refractivity contribution in [2.75, 3.05) is 6.61 Å². The molecule has 0 aromatic heterocycles. The predicted octanol–water partition coefficient (Wildman–Crippen LogP) is 3.92. The van der Waals surface area contributed by atoms with Crippen molar-refractivity contribution < 1.29 is 4.74 Å². The molecular weight excluding hydrogens is 222 g/mol. The number of hydrogen-bond donors (Lipinski definition) is 1. The Hall–Kier alpha value is -1.28. The van der Waals surface area contributed by atoms with Crippen LogP contribution in [-0.2, 0) is 6.54 Å². The van der Waals surface area contributed by atoms with Gasteiger partial charge in [0.15, 0.2) is 0 Å². The van der Waals surface area contributed by atoms with Crippen molar-refractivity contribution in [1.29, 1.82) is 0 Å². The molecule has 0 fully saturated rings. The summed E-state index contributed by atoms with van der Waals surface area (Å²) in [5.41, 5.74) is 1.40. The van der Waals surface area contributed by atoms with Crippen molar-refractivity contribution in [2.24, 2.45) is 0 Å². The average molecular weight is 247 g/mol. The third kappa shape index (κ3) is 6.45. The van der Waals surface area contributed by atoms with Crippen LogP contribution < -0.4 is 10.1 Å². The summed E-state index contributed by atoms with van der Waals surface area (Å²) in [6.45, 7) is 11.8. The fourth-order valence-corrected chi connectivity index (χ4v) is 1.53. The lowest BCUT2D eigenvalue weighted by atomic mass is 10.1. The maximum absolute atomic E-state index is 5.71. The molecule has 0 bridgehead atoms. The molecule has 100 valence electrons. The van der Waals surface area contributed by atoms with E-state index in [1.54, 1.807) is 0 Å². The van der Waals surface area contributed by atoms with E-state index in [2.05, 4.69) is 44.8 Å². The van der Waals surface area contributed by atoms with Crippen molar-refractivity contribution in [3.8, 4) is 5.75 Å². The smallest absolute Gasteiger partial charge is 0.119 e. The first-order valence-electron chi connectivity index (χ1n) is 6.59. The fraction of sp³-hybridized carbons (Fsp3) is 0.500. The summed E-state index contributed by atoms with van der Waals surface area (Å²) in [4.78, 5) is 0. The molecular formula is C16H25NO. The fourth-order valence-electron chi connectivity index (χ4n) is 1.53. The number of hydrogen-bond acceptors (Lipinski definition) is 2. The number of allylic oxidation sites excluding steroid dienone is 1. The van der Waals surface area contributed by atoms with Gasteiger partial charge in [0, 0.05) is 12.1 Å². The Balaban J connectivity index is 2.43. The first kappa shape index (κ1) is 14.8. The second-order valence-electron chi connectivity index (χ2n) is 5.53. The third-order valence-electron chi connectivity index (χ3n) is 2.54. The number of benzene rings is 1. The van der Waals surface area contributed by atoms with Gasteiger partial charge in [-0.2, -0.15) is 0 Å². The third-order valence-corrected chi connectivity index (χ3v) is 2.54. The van der Waals surface area contributed by atoms with Crippen LogP contribution in [0.4, 0.5) is 0 Å². The van der Waals surface area contributed by atoms with E-state index in [0.29, 0.717) is 0 Å². The van der Waals surface area contributed by atoms with Gasteiger partial charge < -0.3 is 10.1 Å². The lowest BCUT2D eigenvalue weighted by molar-refractivity contribution is 0.311. The number of unbranched alkanes of at least 4 members (excludes halogenated alkanes) is 1. The largest absolute Gasteiger partial charge is 0.494 e. The van der Waals surface area contributed by atoms with Crippen LogP contribution in [0.15, 0.2) is 36.9 Å². The van der Waals surface area contributed by atoms with Gasteiger partial charge in [-0.25, -0.2) is 0 Å². The van der Waals surface area contributed by atoms with E-state index >= 15 is 0 Å². The molecule has 0 aliphatic rings. The lowest BCUT2D eigenvalue weighted by Gasteiger charge is -2.20. The van der Waals surface area contributed by atoms with Crippen LogP contribution in [0.1, 0.15) is 39.2 Å². The number of rotatable bonds is 7. The SMILES string of the molecule is C=CCCCOc1cccc(CNC(C)(C)C)c1. The second kappa shape index (κ2) is 7.22. The molecule has 1 N–H and O–H groups in total. The van der Waals surface area contributed by atoms with Crippen molar-refractivity contribution in [3.05, 3.63) is 42.5 Å². The molecule has 0 aliphatic heterocycles. The molecule has 0 saturated heterocycles. The van der Waals surface area contributed by atoms with Crippen LogP contribution >= 0.6 is 0 Å². The predicted molar refractivity (Wildman–Crippen MR) is 78.0 cm³/mol. The van der Waals surface area contributed by atoms with Crippen LogP contribution in [0.2, 0.25) is 0 Å². The molecule has 1 rings (SSSR count). The highest BCUT2D eigenvalue weighted by atomic mass is 16.5. The normalized spacial score (nSPS) is 11.3. The van der Waals surface area contributed by atoms with Gasteiger partial charge in [0.25, 0.3) is 0 Å². The van der Waals surface area contributed by atoms with Crippen LogP contribution in [0.3, 0.4) is 0 Å². The van der Waals surface area contributed by atoms with Gasteiger partial charge in [-0.1, -0.05) is 18.2 Å². The maximum atomic E-state index is 5.71. The number of nitrogens with one attached hydrogen (secondary N) is 1. The molecule has 0 atom stereocenters. The summed E-state index contributed by atoms with van der Waals surface area (Å²) < 4.78 is 5.71. The second-order valence-corrected chi connectivity index (χ2v) is 5.53. The molecule has 0 saturated carbocycles. The summed E-state index contributed by atoms with van der Waals surface area (Å²) in [5.74, 6) is 0.951. The topological polar surface area (TPSA) is 21.3 Å². The Morgan fingerprint density at radius 2 is 2.11 bits per heavy atom. The Bertz CT molecular complexity index is 366. The Morgan fingerprint density at radius 1 is 1.33 bits per heavy atom. The van der Waals surface area contributed by atoms with E-state index < -0.39 is 0 Å². The van der Waals surface area contributed by atoms with Gasteiger partial charge >= 0.3 is 0 Å². The van der Waals surface area contributed by atoms with Gasteiger partial charge in [0.2, 0.25) is 0 Å². The Kier molecular flexibility index (Phi) is 5.93. The highest BCUT2D eigenvalue weighted by molar-refractivity contribution is 5.28. The van der Waals surface area contributed by atoms with Crippen molar-refractivity contribution in [2.45, 2.75) is 45.7 Å². The van der Waals surface area contributed by atoms with E-state index in [1.807, 2.05) is 18.2 Å². The van der Waals surface area contributed by atoms with Crippen LogP contribution in [0.5, 0.6) is 5.75 Å². The minimum absolute atomic E-state index is 0.140. The van der Waals surface area contributed by atoms with Crippen molar-refractivity contribution in [3.63, 3.8) is 0 Å². The van der Waals surface area contributed by atoms with Gasteiger partial charge in [0.1, 0.15) is 5.75 Å². The van der Waals surface area contributed by atoms with Crippen LogP contribution in [0.25, 0.3) is 0 Å². The molecule has 18 heavy (non-hydrogen) atoms. The van der Waals surface area contributed by atoms with E-state index in [-0.39, 0.29) is 5.54 Å². The molecule has 2 nitrogen and oxygen atoms in total. The summed E-state index contributed by atoms with van der Waals surface area (Å²) in [7, 11) is 0. The molecule has 1 aromatic carbocycles. The first-order chi connectivity index (χ1) is 8.51. The van der Waals surface area contributed by atoms with Gasteiger partial charge in [-0.15, -0.1) is 6.58 Å². The summed E-state index contributed by atoms with van der Waals surface area (Å²) in [6, 6.07) is 8.28. The first-order valence-corrected chi connectivity index (χ1v) is 6.59. The molecule has 0 amide bonds. The minimum Gasteiger partial charge on any atom is -0.494 e. The zero-order valence-electron chi connectivity index (χ0n) is 11.8. The Morgan fingerprint density at radius 3 is 2.78 bits per heavy atom. The molecule has 0 aliphatic carbocycles. The quantitative estimate of drug-likeness (QED) is 0.582. The lowest BCUT2D eigenvalue weighted by Crippen LogP contribution is -2.35.